The van der Waals surface area contributed by atoms with Gasteiger partial charge < -0.3 is 9.47 Å². The van der Waals surface area contributed by atoms with Crippen molar-refractivity contribution in [1.82, 2.24) is 9.80 Å². The smallest absolute Gasteiger partial charge is 0.152 e. The van der Waals surface area contributed by atoms with Gasteiger partial charge in [0.25, 0.3) is 0 Å². The van der Waals surface area contributed by atoms with Crippen LogP contribution >= 0.6 is 0 Å². The van der Waals surface area contributed by atoms with E-state index in [1.807, 2.05) is 0 Å². The largest absolute Gasteiger partial charge is 0.349 e. The topological polar surface area (TPSA) is 24.9 Å². The van der Waals surface area contributed by atoms with Gasteiger partial charge in [0.1, 0.15) is 12.2 Å². The van der Waals surface area contributed by atoms with Gasteiger partial charge >= 0.3 is 0 Å². The van der Waals surface area contributed by atoms with Crippen molar-refractivity contribution in [2.75, 3.05) is 13.1 Å². The lowest BCUT2D eigenvalue weighted by molar-refractivity contribution is -0.163. The summed E-state index contributed by atoms with van der Waals surface area (Å²) in [5, 5.41) is 0. The number of hydrogen-bond donors (Lipinski definition) is 0. The SMILES string of the molecule is C[C@H]1[C@@H](c2ccccc2)O[C@H]2[C@@H]3O[C@H](c4ccccc4)[C@H](C)N3CCN12. The van der Waals surface area contributed by atoms with E-state index in [4.69, 9.17) is 9.47 Å². The molecule has 3 aliphatic rings. The van der Waals surface area contributed by atoms with Crippen LogP contribution in [0.4, 0.5) is 0 Å². The summed E-state index contributed by atoms with van der Waals surface area (Å²) in [4.78, 5) is 4.97. The van der Waals surface area contributed by atoms with E-state index < -0.39 is 0 Å². The van der Waals surface area contributed by atoms with Crippen LogP contribution in [0.15, 0.2) is 60.7 Å². The average molecular weight is 350 g/mol. The highest BCUT2D eigenvalue weighted by atomic mass is 16.6. The molecule has 0 amide bonds. The summed E-state index contributed by atoms with van der Waals surface area (Å²) in [5.41, 5.74) is 2.51. The first-order chi connectivity index (χ1) is 12.7. The van der Waals surface area contributed by atoms with Gasteiger partial charge in [0, 0.05) is 25.2 Å². The summed E-state index contributed by atoms with van der Waals surface area (Å²) in [5.74, 6) is 0. The Labute approximate surface area is 155 Å². The summed E-state index contributed by atoms with van der Waals surface area (Å²) in [6, 6.07) is 21.9. The van der Waals surface area contributed by atoms with Crippen LogP contribution in [-0.2, 0) is 9.47 Å². The van der Waals surface area contributed by atoms with Gasteiger partial charge in [-0.15, -0.1) is 0 Å². The Hall–Kier alpha value is -1.72. The summed E-state index contributed by atoms with van der Waals surface area (Å²) in [6.07, 6.45) is 0.215. The van der Waals surface area contributed by atoms with Crippen molar-refractivity contribution in [3.05, 3.63) is 71.8 Å². The molecule has 0 radical (unpaired) electrons. The molecule has 3 aliphatic heterocycles. The highest BCUT2D eigenvalue weighted by molar-refractivity contribution is 5.23. The van der Waals surface area contributed by atoms with E-state index in [1.165, 1.54) is 11.1 Å². The molecular formula is C22H26N2O2. The summed E-state index contributed by atoms with van der Waals surface area (Å²) in [6.45, 7) is 6.61. The Kier molecular flexibility index (Phi) is 4.09. The lowest BCUT2D eigenvalue weighted by Gasteiger charge is -2.40. The number of hydrogen-bond acceptors (Lipinski definition) is 4. The third-order valence-corrected chi connectivity index (χ3v) is 6.26. The van der Waals surface area contributed by atoms with E-state index in [0.717, 1.165) is 13.1 Å². The van der Waals surface area contributed by atoms with Crippen LogP contribution in [0.5, 0.6) is 0 Å². The zero-order chi connectivity index (χ0) is 17.7. The standard InChI is InChI=1S/C22H26N2O2/c1-15-19(17-9-5-3-6-10-17)25-21-22-24(14-13-23(15)21)16(2)20(26-22)18-11-7-4-8-12-18/h3-12,15-16,19-22H,13-14H2,1-2H3/t15-,16-,19-,20-,21-,22-/m0/s1. The molecule has 136 valence electrons. The first-order valence-corrected chi connectivity index (χ1v) is 9.66. The Balaban J connectivity index is 1.41. The van der Waals surface area contributed by atoms with Gasteiger partial charge in [-0.1, -0.05) is 60.7 Å². The zero-order valence-corrected chi connectivity index (χ0v) is 15.4. The van der Waals surface area contributed by atoms with E-state index in [0.29, 0.717) is 12.1 Å². The minimum atomic E-state index is 0.000110. The maximum atomic E-state index is 6.57. The Morgan fingerprint density at radius 1 is 0.654 bits per heavy atom. The van der Waals surface area contributed by atoms with Crippen LogP contribution in [0.2, 0.25) is 0 Å². The zero-order valence-electron chi connectivity index (χ0n) is 15.4. The van der Waals surface area contributed by atoms with Crippen molar-refractivity contribution in [3.63, 3.8) is 0 Å². The molecule has 0 aliphatic carbocycles. The van der Waals surface area contributed by atoms with Crippen LogP contribution in [0.1, 0.15) is 37.2 Å². The third-order valence-electron chi connectivity index (χ3n) is 6.26. The maximum absolute atomic E-state index is 6.57. The van der Waals surface area contributed by atoms with Gasteiger partial charge in [0.05, 0.1) is 0 Å². The number of nitrogens with zero attached hydrogens (tertiary/aromatic N) is 2. The fourth-order valence-electron chi connectivity index (χ4n) is 4.85. The first kappa shape index (κ1) is 16.5. The van der Waals surface area contributed by atoms with E-state index in [1.54, 1.807) is 0 Å². The fourth-order valence-corrected chi connectivity index (χ4v) is 4.85. The molecule has 5 rings (SSSR count). The number of piperazine rings is 1. The van der Waals surface area contributed by atoms with Crippen LogP contribution in [0.25, 0.3) is 0 Å². The van der Waals surface area contributed by atoms with E-state index in [9.17, 15) is 0 Å². The first-order valence-electron chi connectivity index (χ1n) is 9.66. The van der Waals surface area contributed by atoms with Crippen molar-refractivity contribution < 1.29 is 9.47 Å². The molecule has 2 aromatic carbocycles. The van der Waals surface area contributed by atoms with Crippen molar-refractivity contribution in [3.8, 4) is 0 Å². The maximum Gasteiger partial charge on any atom is 0.152 e. The lowest BCUT2D eigenvalue weighted by Crippen LogP contribution is -2.58. The second-order valence-corrected chi connectivity index (χ2v) is 7.67. The lowest BCUT2D eigenvalue weighted by atomic mass is 10.0. The number of benzene rings is 2. The van der Waals surface area contributed by atoms with E-state index >= 15 is 0 Å². The normalized spacial score (nSPS) is 37.5. The van der Waals surface area contributed by atoms with Crippen molar-refractivity contribution in [2.24, 2.45) is 0 Å². The second kappa shape index (κ2) is 6.46. The average Bonchev–Trinajstić information content (AvgIpc) is 3.21. The van der Waals surface area contributed by atoms with Gasteiger partial charge in [-0.2, -0.15) is 0 Å². The molecule has 3 heterocycles. The summed E-state index contributed by atoms with van der Waals surface area (Å²) in [7, 11) is 0. The van der Waals surface area contributed by atoms with Gasteiger partial charge in [-0.3, -0.25) is 9.80 Å². The number of ether oxygens (including phenoxy) is 2. The molecule has 26 heavy (non-hydrogen) atoms. The second-order valence-electron chi connectivity index (χ2n) is 7.67. The Morgan fingerprint density at radius 3 is 1.42 bits per heavy atom. The molecule has 4 nitrogen and oxygen atoms in total. The third kappa shape index (κ3) is 2.52. The van der Waals surface area contributed by atoms with Gasteiger partial charge in [-0.05, 0) is 25.0 Å². The predicted molar refractivity (Wildman–Crippen MR) is 100 cm³/mol. The van der Waals surface area contributed by atoms with Crippen molar-refractivity contribution >= 4 is 0 Å². The quantitative estimate of drug-likeness (QED) is 0.827. The molecule has 0 unspecified atom stereocenters. The molecule has 3 saturated heterocycles. The Bertz CT molecular complexity index is 688. The predicted octanol–water partition coefficient (Wildman–Crippen LogP) is 3.58. The molecule has 3 fully saturated rings. The van der Waals surface area contributed by atoms with E-state index in [2.05, 4.69) is 84.3 Å². The molecule has 0 saturated carbocycles. The fraction of sp³-hybridized carbons (Fsp3) is 0.455. The van der Waals surface area contributed by atoms with Crippen LogP contribution < -0.4 is 0 Å². The van der Waals surface area contributed by atoms with Crippen LogP contribution in [0, 0.1) is 0 Å². The van der Waals surface area contributed by atoms with Crippen molar-refractivity contribution in [2.45, 2.75) is 50.6 Å². The molecular weight excluding hydrogens is 324 g/mol. The number of rotatable bonds is 2. The molecule has 2 aromatic rings. The Morgan fingerprint density at radius 2 is 1.04 bits per heavy atom. The summed E-state index contributed by atoms with van der Waals surface area (Å²) >= 11 is 0. The molecule has 0 aromatic heterocycles. The summed E-state index contributed by atoms with van der Waals surface area (Å²) < 4.78 is 13.1. The molecule has 0 spiro atoms. The van der Waals surface area contributed by atoms with Crippen LogP contribution in [0.3, 0.4) is 0 Å². The highest BCUT2D eigenvalue weighted by Gasteiger charge is 2.54. The highest BCUT2D eigenvalue weighted by Crippen LogP contribution is 2.45. The minimum absolute atomic E-state index is 0.000110. The monoisotopic (exact) mass is 350 g/mol. The van der Waals surface area contributed by atoms with E-state index in [-0.39, 0.29) is 24.7 Å². The molecule has 6 atom stereocenters. The van der Waals surface area contributed by atoms with Crippen molar-refractivity contribution in [1.29, 1.82) is 0 Å². The molecule has 0 N–H and O–H groups in total. The molecule has 4 heteroatoms. The minimum Gasteiger partial charge on any atom is -0.349 e. The van der Waals surface area contributed by atoms with Gasteiger partial charge in [0.15, 0.2) is 12.5 Å². The van der Waals surface area contributed by atoms with Gasteiger partial charge in [0.2, 0.25) is 0 Å². The van der Waals surface area contributed by atoms with Crippen LogP contribution in [-0.4, -0.2) is 47.4 Å². The molecule has 0 bridgehead atoms. The number of fused-ring (bicyclic) bond motifs is 3. The van der Waals surface area contributed by atoms with Gasteiger partial charge in [-0.25, -0.2) is 0 Å².